The van der Waals surface area contributed by atoms with Crippen LogP contribution in [0.5, 0.6) is 0 Å². The van der Waals surface area contributed by atoms with Gasteiger partial charge in [0.1, 0.15) is 0 Å². The van der Waals surface area contributed by atoms with E-state index in [2.05, 4.69) is 65.2 Å². The topological polar surface area (TPSA) is 29.1 Å². The second-order valence-electron chi connectivity index (χ2n) is 4.25. The van der Waals surface area contributed by atoms with Gasteiger partial charge in [0.05, 0.1) is 13.1 Å². The molecule has 6 heteroatoms. The predicted octanol–water partition coefficient (Wildman–Crippen LogP) is 5.01. The molecule has 1 aromatic heterocycles. The summed E-state index contributed by atoms with van der Waals surface area (Å²) in [6.45, 7) is 0. The normalized spacial score (nSPS) is 12.2. The molecule has 0 saturated carbocycles. The molecule has 1 unspecified atom stereocenters. The first-order valence-corrected chi connectivity index (χ1v) is 9.48. The molecule has 2 nitrogen and oxygen atoms in total. The van der Waals surface area contributed by atoms with Crippen molar-refractivity contribution in [2.24, 2.45) is 0 Å². The fraction of sp³-hybridized carbons (Fsp3) is 0.214. The zero-order valence-corrected chi connectivity index (χ0v) is 16.0. The molecule has 106 valence electrons. The second-order valence-corrected chi connectivity index (χ2v) is 8.65. The molecule has 1 atom stereocenters. The Morgan fingerprint density at radius 3 is 2.50 bits per heavy atom. The van der Waals surface area contributed by atoms with Crippen molar-refractivity contribution in [3.63, 3.8) is 0 Å². The van der Waals surface area contributed by atoms with Crippen LogP contribution in [0.25, 0.3) is 0 Å². The third-order valence-corrected chi connectivity index (χ3v) is 5.87. The summed E-state index contributed by atoms with van der Waals surface area (Å²) in [6.07, 6.45) is 0.806. The summed E-state index contributed by atoms with van der Waals surface area (Å²) in [5.41, 5.74) is 1.88. The van der Waals surface area contributed by atoms with Gasteiger partial charge in [-0.25, -0.2) is 0 Å². The van der Waals surface area contributed by atoms with Crippen LogP contribution in [0.2, 0.25) is 0 Å². The van der Waals surface area contributed by atoms with E-state index in [0.29, 0.717) is 5.56 Å². The average Bonchev–Trinajstić information content (AvgIpc) is 2.78. The van der Waals surface area contributed by atoms with Gasteiger partial charge in [-0.3, -0.25) is 4.79 Å². The molecule has 0 radical (unpaired) electrons. The minimum atomic E-state index is -0.0563. The smallest absolute Gasteiger partial charge is 0.253 e. The molecule has 0 aliphatic carbocycles. The van der Waals surface area contributed by atoms with Crippen molar-refractivity contribution in [3.05, 3.63) is 55.1 Å². The number of rotatable bonds is 5. The summed E-state index contributed by atoms with van der Waals surface area (Å²) in [7, 11) is 0. The molecule has 0 aliphatic heterocycles. The van der Waals surface area contributed by atoms with Crippen molar-refractivity contribution in [2.75, 3.05) is 5.33 Å². The monoisotopic (exact) mass is 479 g/mol. The maximum Gasteiger partial charge on any atom is 0.253 e. The summed E-state index contributed by atoms with van der Waals surface area (Å²) in [5, 5.41) is 3.77. The van der Waals surface area contributed by atoms with E-state index in [-0.39, 0.29) is 11.9 Å². The van der Waals surface area contributed by atoms with Gasteiger partial charge < -0.3 is 5.32 Å². The highest BCUT2D eigenvalue weighted by Crippen LogP contribution is 2.31. The van der Waals surface area contributed by atoms with Crippen LogP contribution in [0.1, 0.15) is 15.9 Å². The number of benzene rings is 1. The summed E-state index contributed by atoms with van der Waals surface area (Å²) in [6, 6.07) is 12.0. The molecule has 0 aliphatic rings. The molecule has 0 saturated heterocycles. The van der Waals surface area contributed by atoms with Crippen molar-refractivity contribution in [2.45, 2.75) is 12.5 Å². The highest BCUT2D eigenvalue weighted by Gasteiger charge is 2.17. The first-order valence-electron chi connectivity index (χ1n) is 5.95. The molecule has 1 heterocycles. The Balaban J connectivity index is 2.03. The third kappa shape index (κ3) is 4.41. The number of carbonyl (C=O) groups is 1. The number of amides is 1. The van der Waals surface area contributed by atoms with Crippen molar-refractivity contribution in [1.82, 2.24) is 5.32 Å². The number of hydrogen-bond donors (Lipinski definition) is 1. The first-order chi connectivity index (χ1) is 9.60. The summed E-state index contributed by atoms with van der Waals surface area (Å²) >= 11 is 11.8. The Hall–Kier alpha value is -0.170. The summed E-state index contributed by atoms with van der Waals surface area (Å²) in [4.78, 5) is 12.3. The number of thiophene rings is 1. The van der Waals surface area contributed by atoms with Crippen molar-refractivity contribution in [1.29, 1.82) is 0 Å². The predicted molar refractivity (Wildman–Crippen MR) is 94.9 cm³/mol. The van der Waals surface area contributed by atoms with E-state index >= 15 is 0 Å². The molecule has 2 aromatic rings. The van der Waals surface area contributed by atoms with Crippen LogP contribution >= 0.6 is 59.1 Å². The quantitative estimate of drug-likeness (QED) is 0.598. The van der Waals surface area contributed by atoms with Gasteiger partial charge in [0.15, 0.2) is 0 Å². The molecule has 0 fully saturated rings. The molecule has 1 amide bonds. The van der Waals surface area contributed by atoms with Crippen LogP contribution in [0.15, 0.2) is 44.0 Å². The Labute approximate surface area is 147 Å². The van der Waals surface area contributed by atoms with E-state index in [0.717, 1.165) is 19.3 Å². The minimum absolute atomic E-state index is 0.0563. The summed E-state index contributed by atoms with van der Waals surface area (Å²) < 4.78 is 1.78. The zero-order valence-electron chi connectivity index (χ0n) is 10.4. The van der Waals surface area contributed by atoms with Gasteiger partial charge in [-0.1, -0.05) is 46.3 Å². The molecule has 0 spiro atoms. The molecular formula is C14H12Br3NOS. The average molecular weight is 482 g/mol. The Kier molecular flexibility index (Phi) is 6.26. The van der Waals surface area contributed by atoms with Gasteiger partial charge in [0.25, 0.3) is 5.91 Å². The maximum atomic E-state index is 12.3. The standard InChI is InChI=1S/C14H12Br3NOS/c15-8-10(6-9-4-2-1-3-5-9)18-14(19)11-7-12(16)20-13(11)17/h1-5,7,10H,6,8H2,(H,18,19). The van der Waals surface area contributed by atoms with Gasteiger partial charge in [0, 0.05) is 11.4 Å². The largest absolute Gasteiger partial charge is 0.348 e. The van der Waals surface area contributed by atoms with Gasteiger partial charge in [-0.2, -0.15) is 0 Å². The number of alkyl halides is 1. The van der Waals surface area contributed by atoms with Gasteiger partial charge in [0.2, 0.25) is 0 Å². The SMILES string of the molecule is O=C(NC(CBr)Cc1ccccc1)c1cc(Br)sc1Br. The number of carbonyl (C=O) groups excluding carboxylic acids is 1. The van der Waals surface area contributed by atoms with Crippen molar-refractivity contribution < 1.29 is 4.79 Å². The van der Waals surface area contributed by atoms with Crippen LogP contribution in [0.4, 0.5) is 0 Å². The fourth-order valence-electron chi connectivity index (χ4n) is 1.80. The lowest BCUT2D eigenvalue weighted by molar-refractivity contribution is 0.0941. The van der Waals surface area contributed by atoms with E-state index in [4.69, 9.17) is 0 Å². The van der Waals surface area contributed by atoms with Crippen molar-refractivity contribution in [3.8, 4) is 0 Å². The Morgan fingerprint density at radius 1 is 1.25 bits per heavy atom. The first kappa shape index (κ1) is 16.2. The highest BCUT2D eigenvalue weighted by atomic mass is 79.9. The van der Waals surface area contributed by atoms with Gasteiger partial charge in [-0.05, 0) is 49.9 Å². The highest BCUT2D eigenvalue weighted by molar-refractivity contribution is 9.12. The number of halogens is 3. The molecule has 20 heavy (non-hydrogen) atoms. The molecule has 1 aromatic carbocycles. The Bertz CT molecular complexity index is 585. The third-order valence-electron chi connectivity index (χ3n) is 2.75. The van der Waals surface area contributed by atoms with Crippen LogP contribution in [-0.4, -0.2) is 17.3 Å². The van der Waals surface area contributed by atoms with E-state index in [1.807, 2.05) is 24.3 Å². The maximum absolute atomic E-state index is 12.3. The van der Waals surface area contributed by atoms with Crippen molar-refractivity contribution >= 4 is 65.0 Å². The van der Waals surface area contributed by atoms with E-state index in [1.54, 1.807) is 0 Å². The van der Waals surface area contributed by atoms with Gasteiger partial charge in [-0.15, -0.1) is 11.3 Å². The number of nitrogens with one attached hydrogen (secondary N) is 1. The fourth-order valence-corrected chi connectivity index (χ4v) is 4.99. The van der Waals surface area contributed by atoms with E-state index < -0.39 is 0 Å². The molecule has 0 bridgehead atoms. The van der Waals surface area contributed by atoms with Crippen LogP contribution in [-0.2, 0) is 6.42 Å². The molecule has 1 N–H and O–H groups in total. The minimum Gasteiger partial charge on any atom is -0.348 e. The lowest BCUT2D eigenvalue weighted by Gasteiger charge is -2.16. The van der Waals surface area contributed by atoms with Crippen LogP contribution in [0, 0.1) is 0 Å². The van der Waals surface area contributed by atoms with Crippen LogP contribution < -0.4 is 5.32 Å². The van der Waals surface area contributed by atoms with Crippen LogP contribution in [0.3, 0.4) is 0 Å². The lowest BCUT2D eigenvalue weighted by atomic mass is 10.1. The Morgan fingerprint density at radius 2 is 1.95 bits per heavy atom. The molecule has 2 rings (SSSR count). The number of hydrogen-bond acceptors (Lipinski definition) is 2. The van der Waals surface area contributed by atoms with E-state index in [9.17, 15) is 4.79 Å². The zero-order chi connectivity index (χ0) is 14.5. The lowest BCUT2D eigenvalue weighted by Crippen LogP contribution is -2.37. The van der Waals surface area contributed by atoms with Gasteiger partial charge >= 0.3 is 0 Å². The molecular weight excluding hydrogens is 470 g/mol. The van der Waals surface area contributed by atoms with E-state index in [1.165, 1.54) is 16.9 Å². The second kappa shape index (κ2) is 7.73. The summed E-state index contributed by atoms with van der Waals surface area (Å²) in [5.74, 6) is -0.0563.